The molecule has 1 aliphatic carbocycles. The standard InChI is InChI=1S/C37H37F3N4O3/c1-4-25-28(38)6-5-22-9-24(45)10-26(31(22)25)32-29(39)11-27-34(33(32)40)41-36(42-35(27)43-16-21-7-23(17-43)30(46)8-21)47-18-37-12-19(2)14-44(37)15-20(3)13-37/h5-6,9-11,21,23,30,45-46H,2-4,7-8,12-18H2,1H3/t21-,23-,30-/m1/s1. The van der Waals surface area contributed by atoms with Crippen LogP contribution in [0.4, 0.5) is 19.0 Å². The molecule has 0 amide bonds. The highest BCUT2D eigenvalue weighted by Crippen LogP contribution is 2.45. The predicted molar refractivity (Wildman–Crippen MR) is 175 cm³/mol. The minimum atomic E-state index is -0.949. The smallest absolute Gasteiger partial charge is 0.319 e. The fraction of sp³-hybridized carbons (Fsp3) is 0.405. The van der Waals surface area contributed by atoms with Crippen molar-refractivity contribution in [1.82, 2.24) is 14.9 Å². The number of phenols is 1. The topological polar surface area (TPSA) is 82.0 Å². The number of hydrogen-bond donors (Lipinski definition) is 2. The molecule has 4 aliphatic rings. The van der Waals surface area contributed by atoms with Crippen molar-refractivity contribution in [2.75, 3.05) is 37.7 Å². The lowest BCUT2D eigenvalue weighted by molar-refractivity contribution is 0.108. The van der Waals surface area contributed by atoms with Gasteiger partial charge in [-0.15, -0.1) is 0 Å². The lowest BCUT2D eigenvalue weighted by atomic mass is 9.91. The molecule has 2 bridgehead atoms. The monoisotopic (exact) mass is 642 g/mol. The molecule has 4 aromatic rings. The molecule has 8 rings (SSSR count). The van der Waals surface area contributed by atoms with Crippen LogP contribution in [0.1, 0.15) is 38.2 Å². The number of fused-ring (bicyclic) bond motifs is 5. The van der Waals surface area contributed by atoms with Gasteiger partial charge < -0.3 is 19.8 Å². The summed E-state index contributed by atoms with van der Waals surface area (Å²) in [5.41, 5.74) is 1.67. The summed E-state index contributed by atoms with van der Waals surface area (Å²) in [6, 6.07) is 6.70. The highest BCUT2D eigenvalue weighted by atomic mass is 19.1. The number of aryl methyl sites for hydroxylation is 1. The van der Waals surface area contributed by atoms with E-state index in [1.165, 1.54) is 30.3 Å². The lowest BCUT2D eigenvalue weighted by Crippen LogP contribution is -2.43. The normalized spacial score (nSPS) is 23.8. The summed E-state index contributed by atoms with van der Waals surface area (Å²) >= 11 is 0. The van der Waals surface area contributed by atoms with Crippen LogP contribution in [0.2, 0.25) is 0 Å². The van der Waals surface area contributed by atoms with Gasteiger partial charge in [-0.2, -0.15) is 9.97 Å². The highest BCUT2D eigenvalue weighted by Gasteiger charge is 2.48. The number of piperidine rings is 1. The van der Waals surface area contributed by atoms with Crippen LogP contribution in [0.25, 0.3) is 32.8 Å². The summed E-state index contributed by atoms with van der Waals surface area (Å²) in [5, 5.41) is 22.2. The van der Waals surface area contributed by atoms with Crippen molar-refractivity contribution in [2.45, 2.75) is 50.7 Å². The van der Waals surface area contributed by atoms with E-state index < -0.39 is 29.1 Å². The molecular formula is C37H37F3N4O3. The molecule has 4 heterocycles. The van der Waals surface area contributed by atoms with Crippen LogP contribution in [-0.2, 0) is 6.42 Å². The Labute approximate surface area is 271 Å². The SMILES string of the molecule is C=C1CN2CC(=C)CC2(COc2nc(N3C[C@@H]4C[C@H](C3)[C@H](O)C4)c3cc(F)c(-c4cc(O)cc5ccc(F)c(CC)c45)c(F)c3n2)C1. The van der Waals surface area contributed by atoms with Gasteiger partial charge in [0.1, 0.15) is 35.3 Å². The Balaban J connectivity index is 1.30. The van der Waals surface area contributed by atoms with Gasteiger partial charge in [-0.3, -0.25) is 4.90 Å². The molecule has 2 N–H and O–H groups in total. The number of aromatic hydroxyl groups is 1. The Kier molecular flexibility index (Phi) is 7.04. The average Bonchev–Trinajstić information content (AvgIpc) is 3.59. The van der Waals surface area contributed by atoms with Crippen molar-refractivity contribution < 1.29 is 28.1 Å². The zero-order chi connectivity index (χ0) is 32.8. The van der Waals surface area contributed by atoms with E-state index in [2.05, 4.69) is 23.0 Å². The van der Waals surface area contributed by atoms with Gasteiger partial charge in [0.05, 0.1) is 17.2 Å². The third kappa shape index (κ3) is 4.87. The number of aliphatic hydroxyl groups is 1. The fourth-order valence-electron chi connectivity index (χ4n) is 8.81. The van der Waals surface area contributed by atoms with Crippen LogP contribution in [0.15, 0.2) is 54.6 Å². The first kappa shape index (κ1) is 30.2. The third-order valence-electron chi connectivity index (χ3n) is 10.7. The number of aromatic nitrogens is 2. The van der Waals surface area contributed by atoms with Crippen LogP contribution < -0.4 is 9.64 Å². The molecule has 0 spiro atoms. The molecule has 47 heavy (non-hydrogen) atoms. The number of nitrogens with zero attached hydrogens (tertiary/aromatic N) is 4. The van der Waals surface area contributed by atoms with Gasteiger partial charge in [0.15, 0.2) is 5.82 Å². The molecule has 0 unspecified atom stereocenters. The van der Waals surface area contributed by atoms with Crippen molar-refractivity contribution in [3.05, 3.63) is 77.7 Å². The number of hydrogen-bond acceptors (Lipinski definition) is 7. The van der Waals surface area contributed by atoms with Crippen LogP contribution in [-0.4, -0.2) is 69.5 Å². The zero-order valence-corrected chi connectivity index (χ0v) is 26.3. The van der Waals surface area contributed by atoms with Crippen molar-refractivity contribution >= 4 is 27.5 Å². The summed E-state index contributed by atoms with van der Waals surface area (Å²) in [6.45, 7) is 13.0. The first-order valence-corrected chi connectivity index (χ1v) is 16.3. The average molecular weight is 643 g/mol. The third-order valence-corrected chi connectivity index (χ3v) is 10.7. The zero-order valence-electron chi connectivity index (χ0n) is 26.3. The predicted octanol–water partition coefficient (Wildman–Crippen LogP) is 6.68. The number of halogens is 3. The number of phenolic OH excluding ortho intramolecular Hbond substituents is 1. The summed E-state index contributed by atoms with van der Waals surface area (Å²) in [5.74, 6) is -1.91. The molecular weight excluding hydrogens is 605 g/mol. The van der Waals surface area contributed by atoms with E-state index in [4.69, 9.17) is 9.72 Å². The molecule has 4 fully saturated rings. The van der Waals surface area contributed by atoms with Crippen LogP contribution >= 0.6 is 0 Å². The lowest BCUT2D eigenvalue weighted by Gasteiger charge is -2.34. The maximum Gasteiger partial charge on any atom is 0.319 e. The Bertz CT molecular complexity index is 1980. The largest absolute Gasteiger partial charge is 0.508 e. The summed E-state index contributed by atoms with van der Waals surface area (Å²) < 4.78 is 54.6. The maximum absolute atomic E-state index is 17.0. The second kappa shape index (κ2) is 11.0. The molecule has 244 valence electrons. The number of anilines is 1. The second-order valence-corrected chi connectivity index (χ2v) is 14.0. The molecule has 3 atom stereocenters. The van der Waals surface area contributed by atoms with Gasteiger partial charge in [0.25, 0.3) is 0 Å². The Morgan fingerprint density at radius 3 is 2.49 bits per heavy atom. The molecule has 3 aromatic carbocycles. The molecule has 1 aromatic heterocycles. The van der Waals surface area contributed by atoms with Crippen LogP contribution in [0.5, 0.6) is 11.8 Å². The minimum Gasteiger partial charge on any atom is -0.508 e. The molecule has 0 radical (unpaired) electrons. The summed E-state index contributed by atoms with van der Waals surface area (Å²) in [6.07, 6.45) is 2.90. The Hall–Kier alpha value is -4.15. The number of aliphatic hydroxyl groups excluding tert-OH is 1. The van der Waals surface area contributed by atoms with Crippen molar-refractivity contribution in [3.8, 4) is 22.9 Å². The summed E-state index contributed by atoms with van der Waals surface area (Å²) in [4.78, 5) is 13.6. The van der Waals surface area contributed by atoms with Gasteiger partial charge in [-0.05, 0) is 84.2 Å². The van der Waals surface area contributed by atoms with E-state index in [1.807, 2.05) is 4.90 Å². The van der Waals surface area contributed by atoms with Gasteiger partial charge in [0.2, 0.25) is 0 Å². The van der Waals surface area contributed by atoms with E-state index in [0.717, 1.165) is 43.5 Å². The van der Waals surface area contributed by atoms with Crippen LogP contribution in [0.3, 0.4) is 0 Å². The fourth-order valence-corrected chi connectivity index (χ4v) is 8.81. The van der Waals surface area contributed by atoms with Crippen molar-refractivity contribution in [3.63, 3.8) is 0 Å². The Morgan fingerprint density at radius 2 is 1.77 bits per heavy atom. The number of ether oxygens (including phenoxy) is 1. The second-order valence-electron chi connectivity index (χ2n) is 14.0. The maximum atomic E-state index is 17.0. The van der Waals surface area contributed by atoms with Gasteiger partial charge in [-0.25, -0.2) is 13.2 Å². The van der Waals surface area contributed by atoms with E-state index in [1.54, 1.807) is 6.92 Å². The van der Waals surface area contributed by atoms with E-state index >= 15 is 13.2 Å². The minimum absolute atomic E-state index is 0.0274. The first-order chi connectivity index (χ1) is 22.5. The number of benzene rings is 3. The molecule has 7 nitrogen and oxygen atoms in total. The van der Waals surface area contributed by atoms with E-state index in [-0.39, 0.29) is 58.6 Å². The summed E-state index contributed by atoms with van der Waals surface area (Å²) in [7, 11) is 0. The first-order valence-electron chi connectivity index (χ1n) is 16.3. The Morgan fingerprint density at radius 1 is 1.00 bits per heavy atom. The van der Waals surface area contributed by atoms with E-state index in [0.29, 0.717) is 41.7 Å². The number of rotatable bonds is 6. The van der Waals surface area contributed by atoms with Crippen molar-refractivity contribution in [2.24, 2.45) is 11.8 Å². The van der Waals surface area contributed by atoms with Crippen LogP contribution in [0, 0.1) is 29.3 Å². The van der Waals surface area contributed by atoms with Crippen molar-refractivity contribution in [1.29, 1.82) is 0 Å². The molecule has 10 heteroatoms. The molecule has 3 aliphatic heterocycles. The van der Waals surface area contributed by atoms with E-state index in [9.17, 15) is 10.2 Å². The highest BCUT2D eigenvalue weighted by molar-refractivity contribution is 6.03. The molecule has 1 saturated carbocycles. The van der Waals surface area contributed by atoms with Gasteiger partial charge in [-0.1, -0.05) is 37.3 Å². The van der Waals surface area contributed by atoms with Gasteiger partial charge >= 0.3 is 6.01 Å². The molecule has 3 saturated heterocycles. The van der Waals surface area contributed by atoms with Gasteiger partial charge in [0, 0.05) is 37.5 Å². The quantitative estimate of drug-likeness (QED) is 0.227.